The predicted octanol–water partition coefficient (Wildman–Crippen LogP) is 0.192. The summed E-state index contributed by atoms with van der Waals surface area (Å²) in [5.74, 6) is 0.226. The second-order valence-corrected chi connectivity index (χ2v) is 4.16. The summed E-state index contributed by atoms with van der Waals surface area (Å²) in [6.07, 6.45) is 2.70. The predicted molar refractivity (Wildman–Crippen MR) is 64.8 cm³/mol. The maximum atomic E-state index is 13.9. The molecule has 100 valence electrons. The van der Waals surface area contributed by atoms with E-state index in [1.807, 2.05) is 0 Å². The number of hydrogen-bond donors (Lipinski definition) is 2. The van der Waals surface area contributed by atoms with Gasteiger partial charge in [-0.1, -0.05) is 6.08 Å². The lowest BCUT2D eigenvalue weighted by molar-refractivity contribution is -0.0884. The summed E-state index contributed by atoms with van der Waals surface area (Å²) >= 11 is 0. The van der Waals surface area contributed by atoms with Crippen LogP contribution in [0.3, 0.4) is 0 Å². The summed E-state index contributed by atoms with van der Waals surface area (Å²) in [7, 11) is 0. The van der Waals surface area contributed by atoms with Crippen LogP contribution in [-0.2, 0) is 4.74 Å². The molecule has 0 amide bonds. The zero-order valence-corrected chi connectivity index (χ0v) is 9.85. The Bertz CT molecular complexity index is 629. The molecule has 19 heavy (non-hydrogen) atoms. The van der Waals surface area contributed by atoms with Gasteiger partial charge in [-0.3, -0.25) is 4.57 Å². The van der Waals surface area contributed by atoms with E-state index in [0.717, 1.165) is 0 Å². The van der Waals surface area contributed by atoms with Gasteiger partial charge in [0, 0.05) is 0 Å². The molecule has 0 fully saturated rings. The van der Waals surface area contributed by atoms with E-state index in [-0.39, 0.29) is 12.4 Å². The summed E-state index contributed by atoms with van der Waals surface area (Å²) in [5, 5.41) is 9.08. The van der Waals surface area contributed by atoms with Gasteiger partial charge in [0.15, 0.2) is 23.9 Å². The number of nitrogens with zero attached hydrogens (tertiary/aromatic N) is 4. The van der Waals surface area contributed by atoms with Crippen molar-refractivity contribution in [2.45, 2.75) is 18.5 Å². The van der Waals surface area contributed by atoms with Gasteiger partial charge in [-0.15, -0.1) is 0 Å². The summed E-state index contributed by atoms with van der Waals surface area (Å²) in [6, 6.07) is 0. The fourth-order valence-electron chi connectivity index (χ4n) is 2.00. The molecule has 2 aromatic heterocycles. The number of anilines is 1. The first kappa shape index (κ1) is 12.0. The normalized spacial score (nSPS) is 26.9. The average Bonchev–Trinajstić information content (AvgIpc) is 2.85. The van der Waals surface area contributed by atoms with Gasteiger partial charge in [0.05, 0.1) is 12.9 Å². The van der Waals surface area contributed by atoms with Crippen molar-refractivity contribution < 1.29 is 14.2 Å². The molecule has 3 atom stereocenters. The molecule has 3 N–H and O–H groups in total. The van der Waals surface area contributed by atoms with Gasteiger partial charge in [0.25, 0.3) is 0 Å². The quantitative estimate of drug-likeness (QED) is 0.752. The van der Waals surface area contributed by atoms with Gasteiger partial charge in [-0.25, -0.2) is 19.3 Å². The minimum absolute atomic E-state index is 0.219. The number of rotatable bonds is 2. The van der Waals surface area contributed by atoms with Gasteiger partial charge >= 0.3 is 0 Å². The number of aliphatic hydroxyl groups excluding tert-OH is 1. The maximum absolute atomic E-state index is 13.9. The highest BCUT2D eigenvalue weighted by atomic mass is 19.1. The molecule has 7 nitrogen and oxygen atoms in total. The van der Waals surface area contributed by atoms with Crippen molar-refractivity contribution in [3.63, 3.8) is 0 Å². The number of nitrogens with two attached hydrogens (primary N) is 1. The molecule has 8 heteroatoms. The number of halogens is 1. The van der Waals surface area contributed by atoms with Crippen LogP contribution in [0.15, 0.2) is 24.8 Å². The number of aromatic nitrogens is 4. The Hall–Kier alpha value is -2.06. The molecule has 1 aliphatic rings. The van der Waals surface area contributed by atoms with Crippen molar-refractivity contribution in [1.29, 1.82) is 0 Å². The SMILES string of the molecule is Nc1ncnc2c1ncn2[C@@H]1O[C@H](CO)C=C[C@H]1F. The zero-order chi connectivity index (χ0) is 13.4. The molecular formula is C11H12FN5O2. The Kier molecular flexibility index (Phi) is 2.88. The lowest BCUT2D eigenvalue weighted by Gasteiger charge is -2.28. The monoisotopic (exact) mass is 265 g/mol. The molecule has 0 spiro atoms. The van der Waals surface area contributed by atoms with E-state index in [2.05, 4.69) is 15.0 Å². The third kappa shape index (κ3) is 1.94. The smallest absolute Gasteiger partial charge is 0.172 e. The van der Waals surface area contributed by atoms with Crippen LogP contribution in [0.2, 0.25) is 0 Å². The molecule has 3 heterocycles. The third-order valence-corrected chi connectivity index (χ3v) is 2.94. The standard InChI is InChI=1S/C11H12FN5O2/c12-7-2-1-6(3-18)19-11(7)17-5-16-8-9(13)14-4-15-10(8)17/h1-2,4-7,11,18H,3H2,(H2,13,14,15)/t6-,7+,11+/m0/s1. The van der Waals surface area contributed by atoms with E-state index < -0.39 is 18.5 Å². The molecular weight excluding hydrogens is 253 g/mol. The van der Waals surface area contributed by atoms with E-state index >= 15 is 0 Å². The third-order valence-electron chi connectivity index (χ3n) is 2.94. The number of nitrogen functional groups attached to an aromatic ring is 1. The fourth-order valence-corrected chi connectivity index (χ4v) is 2.00. The average molecular weight is 265 g/mol. The van der Waals surface area contributed by atoms with Crippen LogP contribution in [0.5, 0.6) is 0 Å². The van der Waals surface area contributed by atoms with Crippen LogP contribution >= 0.6 is 0 Å². The zero-order valence-electron chi connectivity index (χ0n) is 9.85. The Morgan fingerprint density at radius 2 is 2.21 bits per heavy atom. The Morgan fingerprint density at radius 3 is 3.00 bits per heavy atom. The molecule has 3 rings (SSSR count). The molecule has 0 saturated carbocycles. The van der Waals surface area contributed by atoms with Gasteiger partial charge in [-0.2, -0.15) is 0 Å². The molecule has 2 aromatic rings. The minimum atomic E-state index is -1.35. The molecule has 0 saturated heterocycles. The lowest BCUT2D eigenvalue weighted by Crippen LogP contribution is -2.32. The van der Waals surface area contributed by atoms with E-state index in [1.54, 1.807) is 0 Å². The highest BCUT2D eigenvalue weighted by Crippen LogP contribution is 2.28. The molecule has 0 bridgehead atoms. The van der Waals surface area contributed by atoms with E-state index in [0.29, 0.717) is 11.2 Å². The van der Waals surface area contributed by atoms with E-state index in [9.17, 15) is 4.39 Å². The highest BCUT2D eigenvalue weighted by molar-refractivity contribution is 5.81. The van der Waals surface area contributed by atoms with Gasteiger partial charge in [-0.05, 0) is 6.08 Å². The van der Waals surface area contributed by atoms with Crippen LogP contribution in [-0.4, -0.2) is 43.5 Å². The number of fused-ring (bicyclic) bond motifs is 1. The van der Waals surface area contributed by atoms with Crippen molar-refractivity contribution in [2.75, 3.05) is 12.3 Å². The Labute approximate surface area is 107 Å². The summed E-state index contributed by atoms with van der Waals surface area (Å²) in [6.45, 7) is -0.219. The topological polar surface area (TPSA) is 99.1 Å². The fraction of sp³-hybridized carbons (Fsp3) is 0.364. The summed E-state index contributed by atoms with van der Waals surface area (Å²) < 4.78 is 20.8. The Morgan fingerprint density at radius 1 is 1.37 bits per heavy atom. The molecule has 0 radical (unpaired) electrons. The number of alkyl halides is 1. The van der Waals surface area contributed by atoms with Gasteiger partial charge in [0.2, 0.25) is 0 Å². The maximum Gasteiger partial charge on any atom is 0.172 e. The highest BCUT2D eigenvalue weighted by Gasteiger charge is 2.30. The number of ether oxygens (including phenoxy) is 1. The summed E-state index contributed by atoms with van der Waals surface area (Å²) in [4.78, 5) is 11.9. The number of aliphatic hydroxyl groups is 1. The largest absolute Gasteiger partial charge is 0.393 e. The first-order valence-corrected chi connectivity index (χ1v) is 5.72. The van der Waals surface area contributed by atoms with Crippen LogP contribution in [0.25, 0.3) is 11.2 Å². The van der Waals surface area contributed by atoms with Crippen LogP contribution in [0.4, 0.5) is 10.2 Å². The Balaban J connectivity index is 2.04. The minimum Gasteiger partial charge on any atom is -0.393 e. The van der Waals surface area contributed by atoms with Crippen molar-refractivity contribution in [3.8, 4) is 0 Å². The van der Waals surface area contributed by atoms with Crippen LogP contribution in [0.1, 0.15) is 6.23 Å². The second kappa shape index (κ2) is 4.56. The lowest BCUT2D eigenvalue weighted by atomic mass is 10.2. The summed E-state index contributed by atoms with van der Waals surface area (Å²) in [5.41, 5.74) is 6.46. The van der Waals surface area contributed by atoms with Crippen molar-refractivity contribution >= 4 is 17.0 Å². The van der Waals surface area contributed by atoms with E-state index in [4.69, 9.17) is 15.6 Å². The van der Waals surface area contributed by atoms with E-state index in [1.165, 1.54) is 29.4 Å². The molecule has 0 aliphatic carbocycles. The van der Waals surface area contributed by atoms with Crippen molar-refractivity contribution in [1.82, 2.24) is 19.5 Å². The number of hydrogen-bond acceptors (Lipinski definition) is 6. The first-order valence-electron chi connectivity index (χ1n) is 5.72. The second-order valence-electron chi connectivity index (χ2n) is 4.16. The van der Waals surface area contributed by atoms with Crippen molar-refractivity contribution in [3.05, 3.63) is 24.8 Å². The van der Waals surface area contributed by atoms with Gasteiger partial charge < -0.3 is 15.6 Å². The van der Waals surface area contributed by atoms with Crippen LogP contribution < -0.4 is 5.73 Å². The first-order chi connectivity index (χ1) is 9.20. The number of imidazole rings is 1. The molecule has 1 aliphatic heterocycles. The molecule has 0 aromatic carbocycles. The molecule has 0 unspecified atom stereocenters. The van der Waals surface area contributed by atoms with Gasteiger partial charge in [0.1, 0.15) is 17.9 Å². The van der Waals surface area contributed by atoms with Crippen molar-refractivity contribution in [2.24, 2.45) is 0 Å². The van der Waals surface area contributed by atoms with Crippen LogP contribution in [0, 0.1) is 0 Å².